The molecule has 29 heavy (non-hydrogen) atoms. The summed E-state index contributed by atoms with van der Waals surface area (Å²) in [5.41, 5.74) is 3.39. The van der Waals surface area contributed by atoms with Gasteiger partial charge in [-0.05, 0) is 54.5 Å². The lowest BCUT2D eigenvalue weighted by atomic mass is 9.92. The number of hydrogen-bond acceptors (Lipinski definition) is 5. The van der Waals surface area contributed by atoms with Crippen molar-refractivity contribution < 1.29 is 0 Å². The van der Waals surface area contributed by atoms with Crippen LogP contribution >= 0.6 is 0 Å². The van der Waals surface area contributed by atoms with Gasteiger partial charge in [-0.3, -0.25) is 4.68 Å². The summed E-state index contributed by atoms with van der Waals surface area (Å²) in [5.74, 6) is 2.42. The number of nitrogens with one attached hydrogen (secondary N) is 1. The van der Waals surface area contributed by atoms with Gasteiger partial charge in [0.2, 0.25) is 0 Å². The smallest absolute Gasteiger partial charge is 0.148 e. The van der Waals surface area contributed by atoms with Gasteiger partial charge in [0.25, 0.3) is 0 Å². The van der Waals surface area contributed by atoms with E-state index in [1.807, 2.05) is 24.0 Å². The largest absolute Gasteiger partial charge is 0.365 e. The molecule has 3 heterocycles. The number of rotatable bonds is 5. The molecule has 1 aliphatic heterocycles. The maximum Gasteiger partial charge on any atom is 0.148 e. The van der Waals surface area contributed by atoms with Crippen LogP contribution in [0.25, 0.3) is 22.2 Å². The summed E-state index contributed by atoms with van der Waals surface area (Å²) < 4.78 is 1.84. The molecule has 2 aromatic heterocycles. The molecule has 3 aromatic rings. The molecule has 0 radical (unpaired) electrons. The number of benzene rings is 1. The maximum atomic E-state index is 4.46. The van der Waals surface area contributed by atoms with E-state index in [1.165, 1.54) is 26.1 Å². The van der Waals surface area contributed by atoms with Crippen molar-refractivity contribution in [3.63, 3.8) is 0 Å². The SMILES string of the molecule is Cn1cc2cc(-c3ccc(N[C@H]4[C@@H]5CN(CCC(C)(C)C)C[C@@H]54)nn3)ccc2n1. The monoisotopic (exact) mass is 390 g/mol. The lowest BCUT2D eigenvalue weighted by Crippen LogP contribution is -2.30. The zero-order chi connectivity index (χ0) is 20.2. The minimum atomic E-state index is 0.420. The third-order valence-electron chi connectivity index (χ3n) is 6.34. The zero-order valence-corrected chi connectivity index (χ0v) is 17.8. The Morgan fingerprint density at radius 1 is 1.07 bits per heavy atom. The highest BCUT2D eigenvalue weighted by Crippen LogP contribution is 2.47. The minimum Gasteiger partial charge on any atom is -0.365 e. The number of likely N-dealkylation sites (tertiary alicyclic amines) is 1. The van der Waals surface area contributed by atoms with E-state index in [0.29, 0.717) is 11.5 Å². The first kappa shape index (κ1) is 18.6. The topological polar surface area (TPSA) is 58.9 Å². The second-order valence-corrected chi connectivity index (χ2v) is 9.95. The van der Waals surface area contributed by atoms with Crippen molar-refractivity contribution in [1.82, 2.24) is 24.9 Å². The van der Waals surface area contributed by atoms with Gasteiger partial charge in [0.15, 0.2) is 0 Å². The Hall–Kier alpha value is -2.47. The summed E-state index contributed by atoms with van der Waals surface area (Å²) in [5, 5.41) is 18.1. The van der Waals surface area contributed by atoms with Crippen molar-refractivity contribution in [1.29, 1.82) is 0 Å². The van der Waals surface area contributed by atoms with Crippen molar-refractivity contribution in [2.45, 2.75) is 33.2 Å². The van der Waals surface area contributed by atoms with Crippen LogP contribution in [0, 0.1) is 17.3 Å². The van der Waals surface area contributed by atoms with Crippen molar-refractivity contribution in [2.24, 2.45) is 24.3 Å². The van der Waals surface area contributed by atoms with E-state index in [2.05, 4.69) is 70.5 Å². The van der Waals surface area contributed by atoms with Gasteiger partial charge in [0, 0.05) is 43.3 Å². The van der Waals surface area contributed by atoms with E-state index < -0.39 is 0 Å². The highest BCUT2D eigenvalue weighted by atomic mass is 15.3. The number of hydrogen-bond donors (Lipinski definition) is 1. The van der Waals surface area contributed by atoms with Crippen LogP contribution in [0.2, 0.25) is 0 Å². The van der Waals surface area contributed by atoms with E-state index in [9.17, 15) is 0 Å². The van der Waals surface area contributed by atoms with Crippen LogP contribution in [0.5, 0.6) is 0 Å². The quantitative estimate of drug-likeness (QED) is 0.718. The number of piperidine rings is 1. The fourth-order valence-electron chi connectivity index (χ4n) is 4.55. The summed E-state index contributed by atoms with van der Waals surface area (Å²) in [4.78, 5) is 2.63. The van der Waals surface area contributed by atoms with Crippen LogP contribution in [0.15, 0.2) is 36.5 Å². The highest BCUT2D eigenvalue weighted by molar-refractivity contribution is 5.83. The fraction of sp³-hybridized carbons (Fsp3) is 0.522. The van der Waals surface area contributed by atoms with Crippen molar-refractivity contribution in [3.8, 4) is 11.3 Å². The van der Waals surface area contributed by atoms with Gasteiger partial charge < -0.3 is 10.2 Å². The van der Waals surface area contributed by atoms with E-state index in [1.54, 1.807) is 0 Å². The van der Waals surface area contributed by atoms with E-state index in [4.69, 9.17) is 0 Å². The lowest BCUT2D eigenvalue weighted by molar-refractivity contribution is 0.245. The Bertz CT molecular complexity index is 1000. The van der Waals surface area contributed by atoms with Crippen LogP contribution in [0.4, 0.5) is 5.82 Å². The molecule has 152 valence electrons. The molecule has 6 nitrogen and oxygen atoms in total. The van der Waals surface area contributed by atoms with Gasteiger partial charge >= 0.3 is 0 Å². The zero-order valence-electron chi connectivity index (χ0n) is 17.8. The number of fused-ring (bicyclic) bond motifs is 2. The van der Waals surface area contributed by atoms with Gasteiger partial charge in [-0.15, -0.1) is 10.2 Å². The predicted molar refractivity (Wildman–Crippen MR) is 117 cm³/mol. The van der Waals surface area contributed by atoms with Crippen LogP contribution in [-0.4, -0.2) is 50.6 Å². The second-order valence-electron chi connectivity index (χ2n) is 9.95. The molecule has 1 saturated heterocycles. The normalized spacial score (nSPS) is 24.1. The molecule has 0 unspecified atom stereocenters. The fourth-order valence-corrected chi connectivity index (χ4v) is 4.55. The van der Waals surface area contributed by atoms with Gasteiger partial charge in [0.05, 0.1) is 11.2 Å². The summed E-state index contributed by atoms with van der Waals surface area (Å²) in [6.07, 6.45) is 3.29. The molecule has 1 N–H and O–H groups in total. The third kappa shape index (κ3) is 3.86. The van der Waals surface area contributed by atoms with Crippen molar-refractivity contribution in [3.05, 3.63) is 36.5 Å². The molecule has 2 aliphatic rings. The molecule has 1 saturated carbocycles. The summed E-state index contributed by atoms with van der Waals surface area (Å²) in [6, 6.07) is 10.9. The summed E-state index contributed by atoms with van der Waals surface area (Å²) in [6.45, 7) is 10.6. The van der Waals surface area contributed by atoms with Gasteiger partial charge in [0.1, 0.15) is 5.82 Å². The molecular formula is C23H30N6. The Balaban J connectivity index is 1.18. The van der Waals surface area contributed by atoms with Crippen LogP contribution < -0.4 is 5.32 Å². The number of anilines is 1. The minimum absolute atomic E-state index is 0.420. The third-order valence-corrected chi connectivity index (χ3v) is 6.34. The molecule has 6 heteroatoms. The molecule has 1 aromatic carbocycles. The van der Waals surface area contributed by atoms with Crippen molar-refractivity contribution >= 4 is 16.7 Å². The van der Waals surface area contributed by atoms with Crippen molar-refractivity contribution in [2.75, 3.05) is 25.0 Å². The number of aryl methyl sites for hydroxylation is 1. The summed E-state index contributed by atoms with van der Waals surface area (Å²) in [7, 11) is 1.94. The molecule has 0 bridgehead atoms. The van der Waals surface area contributed by atoms with Crippen LogP contribution in [0.3, 0.4) is 0 Å². The van der Waals surface area contributed by atoms with Crippen LogP contribution in [0.1, 0.15) is 27.2 Å². The Morgan fingerprint density at radius 2 is 1.86 bits per heavy atom. The molecule has 3 atom stereocenters. The average molecular weight is 391 g/mol. The average Bonchev–Trinajstić information content (AvgIpc) is 3.02. The Labute approximate surface area is 172 Å². The predicted octanol–water partition coefficient (Wildman–Crippen LogP) is 3.81. The van der Waals surface area contributed by atoms with Gasteiger partial charge in [-0.25, -0.2) is 0 Å². The molecule has 1 aliphatic carbocycles. The summed E-state index contributed by atoms with van der Waals surface area (Å²) >= 11 is 0. The maximum absolute atomic E-state index is 4.46. The van der Waals surface area contributed by atoms with Gasteiger partial charge in [-0.2, -0.15) is 5.10 Å². The van der Waals surface area contributed by atoms with E-state index in [0.717, 1.165) is 39.8 Å². The molecule has 0 spiro atoms. The molecule has 5 rings (SSSR count). The molecular weight excluding hydrogens is 360 g/mol. The van der Waals surface area contributed by atoms with E-state index >= 15 is 0 Å². The molecule has 2 fully saturated rings. The highest BCUT2D eigenvalue weighted by Gasteiger charge is 2.55. The first-order valence-corrected chi connectivity index (χ1v) is 10.6. The first-order valence-electron chi connectivity index (χ1n) is 10.6. The van der Waals surface area contributed by atoms with Gasteiger partial charge in [-0.1, -0.05) is 26.8 Å². The first-order chi connectivity index (χ1) is 13.9. The van der Waals surface area contributed by atoms with E-state index in [-0.39, 0.29) is 0 Å². The Morgan fingerprint density at radius 3 is 2.55 bits per heavy atom. The van der Waals surface area contributed by atoms with Crippen LogP contribution in [-0.2, 0) is 7.05 Å². The Kier molecular flexibility index (Phi) is 4.35. The lowest BCUT2D eigenvalue weighted by Gasteiger charge is -2.25. The second kappa shape index (κ2) is 6.80. The molecule has 0 amide bonds. The number of nitrogens with zero attached hydrogens (tertiary/aromatic N) is 5. The standard InChI is InChI=1S/C23H30N6/c1-23(2,3)9-10-29-13-17-18(14-29)22(17)24-21-8-7-19(25-26-21)15-5-6-20-16(11-15)12-28(4)27-20/h5-8,11-12,17-18,22H,9-10,13-14H2,1-4H3,(H,24,26)/t17-,18+,22+. The number of aromatic nitrogens is 4.